The van der Waals surface area contributed by atoms with E-state index in [1.165, 1.54) is 0 Å². The Morgan fingerprint density at radius 1 is 1.29 bits per heavy atom. The number of aromatic amines is 1. The number of imidazole rings is 1. The Bertz CT molecular complexity index is 681. The molecule has 21 heavy (non-hydrogen) atoms. The number of benzene rings is 1. The van der Waals surface area contributed by atoms with Crippen molar-refractivity contribution >= 4 is 10.0 Å². The van der Waals surface area contributed by atoms with Crippen molar-refractivity contribution < 1.29 is 8.42 Å². The summed E-state index contributed by atoms with van der Waals surface area (Å²) >= 11 is 0. The van der Waals surface area contributed by atoms with Crippen LogP contribution in [0.25, 0.3) is 0 Å². The van der Waals surface area contributed by atoms with Gasteiger partial charge in [-0.15, -0.1) is 0 Å². The zero-order chi connectivity index (χ0) is 15.3. The number of nitrogens with one attached hydrogen (secondary N) is 3. The van der Waals surface area contributed by atoms with Crippen LogP contribution in [0, 0.1) is 0 Å². The lowest BCUT2D eigenvalue weighted by Gasteiger charge is -2.12. The smallest absolute Gasteiger partial charge is 0.241 e. The Hall–Kier alpha value is -1.70. The van der Waals surface area contributed by atoms with Gasteiger partial charge in [0.05, 0.1) is 11.4 Å². The van der Waals surface area contributed by atoms with Crippen LogP contribution in [-0.2, 0) is 29.5 Å². The molecule has 1 heterocycles. The fourth-order valence-corrected chi connectivity index (χ4v) is 3.44. The molecule has 2 rings (SSSR count). The number of hydrogen-bond acceptors (Lipinski definition) is 4. The molecule has 0 aliphatic carbocycles. The molecule has 2 aromatic rings. The van der Waals surface area contributed by atoms with Crippen molar-refractivity contribution in [3.05, 3.63) is 47.5 Å². The molecule has 0 radical (unpaired) electrons. The monoisotopic (exact) mass is 308 g/mol. The Morgan fingerprint density at radius 3 is 2.71 bits per heavy atom. The van der Waals surface area contributed by atoms with E-state index in [1.807, 2.05) is 26.1 Å². The maximum Gasteiger partial charge on any atom is 0.241 e. The fourth-order valence-electron chi connectivity index (χ4n) is 2.09. The number of H-pyrrole nitrogens is 1. The second-order valence-electron chi connectivity index (χ2n) is 4.69. The van der Waals surface area contributed by atoms with Crippen molar-refractivity contribution in [2.75, 3.05) is 7.05 Å². The number of rotatable bonds is 7. The quantitative estimate of drug-likeness (QED) is 0.716. The molecule has 0 aliphatic rings. The van der Waals surface area contributed by atoms with Crippen LogP contribution in [0.4, 0.5) is 0 Å². The first kappa shape index (κ1) is 15.7. The van der Waals surface area contributed by atoms with Crippen LogP contribution >= 0.6 is 0 Å². The molecular weight excluding hydrogens is 288 g/mol. The van der Waals surface area contributed by atoms with Gasteiger partial charge in [-0.05, 0) is 30.7 Å². The Morgan fingerprint density at radius 2 is 2.10 bits per heavy atom. The SMILES string of the molecule is CCc1ccc(CNC)cc1S(=O)(=O)NCc1ncc[nH]1. The molecule has 6 nitrogen and oxygen atoms in total. The van der Waals surface area contributed by atoms with Crippen molar-refractivity contribution in [2.45, 2.75) is 31.3 Å². The van der Waals surface area contributed by atoms with E-state index < -0.39 is 10.0 Å². The van der Waals surface area contributed by atoms with E-state index in [-0.39, 0.29) is 6.54 Å². The summed E-state index contributed by atoms with van der Waals surface area (Å²) in [5.41, 5.74) is 1.75. The van der Waals surface area contributed by atoms with Crippen molar-refractivity contribution in [1.82, 2.24) is 20.0 Å². The highest BCUT2D eigenvalue weighted by Crippen LogP contribution is 2.19. The molecule has 0 aliphatic heterocycles. The van der Waals surface area contributed by atoms with Gasteiger partial charge in [0.25, 0.3) is 0 Å². The Labute approximate surface area is 125 Å². The molecule has 7 heteroatoms. The molecule has 3 N–H and O–H groups in total. The van der Waals surface area contributed by atoms with Gasteiger partial charge in [0.2, 0.25) is 10.0 Å². The predicted molar refractivity (Wildman–Crippen MR) is 81.2 cm³/mol. The average Bonchev–Trinajstić information content (AvgIpc) is 2.99. The topological polar surface area (TPSA) is 86.9 Å². The van der Waals surface area contributed by atoms with Gasteiger partial charge in [0, 0.05) is 18.9 Å². The van der Waals surface area contributed by atoms with E-state index in [4.69, 9.17) is 0 Å². The van der Waals surface area contributed by atoms with Crippen molar-refractivity contribution in [1.29, 1.82) is 0 Å². The minimum Gasteiger partial charge on any atom is -0.347 e. The third-order valence-corrected chi connectivity index (χ3v) is 4.65. The molecule has 0 saturated carbocycles. The molecule has 0 amide bonds. The van der Waals surface area contributed by atoms with Gasteiger partial charge in [-0.2, -0.15) is 0 Å². The van der Waals surface area contributed by atoms with Crippen LogP contribution in [0.15, 0.2) is 35.5 Å². The lowest BCUT2D eigenvalue weighted by atomic mass is 10.1. The summed E-state index contributed by atoms with van der Waals surface area (Å²) in [6.45, 7) is 2.72. The molecular formula is C14H20N4O2S. The molecule has 0 atom stereocenters. The summed E-state index contributed by atoms with van der Waals surface area (Å²) in [4.78, 5) is 7.22. The fraction of sp³-hybridized carbons (Fsp3) is 0.357. The minimum absolute atomic E-state index is 0.148. The Kier molecular flexibility index (Phi) is 5.11. The summed E-state index contributed by atoms with van der Waals surface area (Å²) < 4.78 is 27.6. The highest BCUT2D eigenvalue weighted by molar-refractivity contribution is 7.89. The lowest BCUT2D eigenvalue weighted by Crippen LogP contribution is -2.25. The van der Waals surface area contributed by atoms with Gasteiger partial charge in [-0.1, -0.05) is 19.1 Å². The number of sulfonamides is 1. The normalized spacial score (nSPS) is 11.7. The van der Waals surface area contributed by atoms with Gasteiger partial charge in [0.1, 0.15) is 5.82 Å². The van der Waals surface area contributed by atoms with Gasteiger partial charge < -0.3 is 10.3 Å². The lowest BCUT2D eigenvalue weighted by molar-refractivity contribution is 0.578. The number of hydrogen-bond donors (Lipinski definition) is 3. The van der Waals surface area contributed by atoms with Crippen molar-refractivity contribution in [3.63, 3.8) is 0 Å². The highest BCUT2D eigenvalue weighted by atomic mass is 32.2. The largest absolute Gasteiger partial charge is 0.347 e. The summed E-state index contributed by atoms with van der Waals surface area (Å²) in [6.07, 6.45) is 3.92. The van der Waals surface area contributed by atoms with Crippen LogP contribution in [0.1, 0.15) is 23.9 Å². The van der Waals surface area contributed by atoms with Gasteiger partial charge >= 0.3 is 0 Å². The molecule has 0 unspecified atom stereocenters. The zero-order valence-electron chi connectivity index (χ0n) is 12.2. The second kappa shape index (κ2) is 6.84. The molecule has 0 saturated heterocycles. The van der Waals surface area contributed by atoms with Crippen LogP contribution in [0.3, 0.4) is 0 Å². The molecule has 114 valence electrons. The highest BCUT2D eigenvalue weighted by Gasteiger charge is 2.18. The standard InChI is InChI=1S/C14H20N4O2S/c1-3-12-5-4-11(9-15-2)8-13(12)21(19,20)18-10-14-16-6-7-17-14/h4-8,15,18H,3,9-10H2,1-2H3,(H,16,17). The first-order valence-corrected chi connectivity index (χ1v) is 8.29. The van der Waals surface area contributed by atoms with Gasteiger partial charge in [0.15, 0.2) is 0 Å². The van der Waals surface area contributed by atoms with Crippen molar-refractivity contribution in [3.8, 4) is 0 Å². The second-order valence-corrected chi connectivity index (χ2v) is 6.42. The maximum atomic E-state index is 12.5. The van der Waals surface area contributed by atoms with E-state index >= 15 is 0 Å². The summed E-state index contributed by atoms with van der Waals surface area (Å²) in [5.74, 6) is 0.586. The number of nitrogens with zero attached hydrogens (tertiary/aromatic N) is 1. The first-order valence-electron chi connectivity index (χ1n) is 6.81. The third-order valence-electron chi connectivity index (χ3n) is 3.17. The minimum atomic E-state index is -3.56. The van der Waals surface area contributed by atoms with Gasteiger partial charge in [-0.25, -0.2) is 18.1 Å². The summed E-state index contributed by atoms with van der Waals surface area (Å²) in [6, 6.07) is 5.54. The van der Waals surface area contributed by atoms with E-state index in [1.54, 1.807) is 18.5 Å². The molecule has 1 aromatic heterocycles. The number of aromatic nitrogens is 2. The van der Waals surface area contributed by atoms with Gasteiger partial charge in [-0.3, -0.25) is 0 Å². The first-order chi connectivity index (χ1) is 10.1. The molecule has 0 fully saturated rings. The molecule has 0 bridgehead atoms. The zero-order valence-corrected chi connectivity index (χ0v) is 13.0. The van der Waals surface area contributed by atoms with E-state index in [9.17, 15) is 8.42 Å². The maximum absolute atomic E-state index is 12.5. The summed E-state index contributed by atoms with van der Waals surface area (Å²) in [5, 5.41) is 3.02. The van der Waals surface area contributed by atoms with E-state index in [0.29, 0.717) is 23.7 Å². The van der Waals surface area contributed by atoms with E-state index in [0.717, 1.165) is 11.1 Å². The van der Waals surface area contributed by atoms with Crippen LogP contribution in [0.5, 0.6) is 0 Å². The van der Waals surface area contributed by atoms with Crippen molar-refractivity contribution in [2.24, 2.45) is 0 Å². The number of aryl methyl sites for hydroxylation is 1. The van der Waals surface area contributed by atoms with Crippen LogP contribution in [-0.4, -0.2) is 25.4 Å². The van der Waals surface area contributed by atoms with Crippen LogP contribution in [0.2, 0.25) is 0 Å². The predicted octanol–water partition coefficient (Wildman–Crippen LogP) is 1.17. The van der Waals surface area contributed by atoms with E-state index in [2.05, 4.69) is 20.0 Å². The Balaban J connectivity index is 2.26. The average molecular weight is 308 g/mol. The summed E-state index contributed by atoms with van der Waals surface area (Å²) in [7, 11) is -1.73. The molecule has 0 spiro atoms. The molecule has 1 aromatic carbocycles. The third kappa shape index (κ3) is 3.90. The van der Waals surface area contributed by atoms with Crippen LogP contribution < -0.4 is 10.0 Å².